The molecule has 33 heavy (non-hydrogen) atoms. The maximum Gasteiger partial charge on any atom is 0.261 e. The number of fused-ring (bicyclic) bond motifs is 1. The average molecular weight is 453 g/mol. The zero-order chi connectivity index (χ0) is 23.8. The molecule has 1 saturated carbocycles. The monoisotopic (exact) mass is 452 g/mol. The number of hydrogen-bond acceptors (Lipinski definition) is 3. The lowest BCUT2D eigenvalue weighted by molar-refractivity contribution is -0.141. The third-order valence-electron chi connectivity index (χ3n) is 6.30. The molecule has 0 unspecified atom stereocenters. The van der Waals surface area contributed by atoms with Crippen molar-refractivity contribution in [3.05, 3.63) is 65.0 Å². The molecule has 2 amide bonds. The molecule has 0 spiro atoms. The van der Waals surface area contributed by atoms with Crippen molar-refractivity contribution >= 4 is 11.8 Å². The minimum absolute atomic E-state index is 0.0454. The van der Waals surface area contributed by atoms with E-state index in [1.165, 1.54) is 12.1 Å². The molecule has 2 aromatic carbocycles. The summed E-state index contributed by atoms with van der Waals surface area (Å²) in [5.74, 6) is 0.248. The van der Waals surface area contributed by atoms with E-state index in [4.69, 9.17) is 4.74 Å². The predicted molar refractivity (Wildman–Crippen MR) is 125 cm³/mol. The van der Waals surface area contributed by atoms with E-state index in [9.17, 15) is 14.0 Å². The number of hydrogen-bond donors (Lipinski definition) is 1. The Morgan fingerprint density at radius 1 is 1.15 bits per heavy atom. The van der Waals surface area contributed by atoms with Gasteiger partial charge in [0.15, 0.2) is 6.10 Å². The third-order valence-corrected chi connectivity index (χ3v) is 6.30. The van der Waals surface area contributed by atoms with Crippen LogP contribution < -0.4 is 10.1 Å². The zero-order valence-electron chi connectivity index (χ0n) is 19.9. The first kappa shape index (κ1) is 23.3. The number of rotatable bonds is 6. The molecule has 2 aliphatic rings. The Morgan fingerprint density at radius 2 is 1.85 bits per heavy atom. The van der Waals surface area contributed by atoms with Crippen molar-refractivity contribution in [3.63, 3.8) is 0 Å². The van der Waals surface area contributed by atoms with Gasteiger partial charge in [0, 0.05) is 18.0 Å². The fourth-order valence-electron chi connectivity index (χ4n) is 4.33. The molecule has 1 aliphatic heterocycles. The van der Waals surface area contributed by atoms with Crippen LogP contribution in [-0.2, 0) is 16.0 Å². The molecule has 2 aromatic rings. The van der Waals surface area contributed by atoms with Crippen LogP contribution in [-0.4, -0.2) is 35.4 Å². The van der Waals surface area contributed by atoms with Crippen LogP contribution in [0.1, 0.15) is 69.7 Å². The molecule has 1 fully saturated rings. The Balaban J connectivity index is 1.69. The number of carbonyl (C=O) groups excluding carboxylic acids is 2. The van der Waals surface area contributed by atoms with Gasteiger partial charge < -0.3 is 15.0 Å². The standard InChI is InChI=1S/C27H33FN2O3/c1-5-23(25(31)29-20-11-12-20)33-21-13-8-17-14-15-30(26(32)27(2,3)4)24(22(17)16-21)18-6-9-19(28)10-7-18/h6-10,13,16,20,23-24H,5,11-12,14-15H2,1-4H3,(H,29,31)/t23-,24-/m0/s1. The maximum atomic E-state index is 13.7. The Bertz CT molecular complexity index is 1020. The van der Waals surface area contributed by atoms with Gasteiger partial charge in [-0.25, -0.2) is 4.39 Å². The summed E-state index contributed by atoms with van der Waals surface area (Å²) in [5.41, 5.74) is 2.40. The smallest absolute Gasteiger partial charge is 0.261 e. The van der Waals surface area contributed by atoms with Gasteiger partial charge in [-0.15, -0.1) is 0 Å². The molecule has 4 rings (SSSR count). The van der Waals surface area contributed by atoms with Crippen LogP contribution >= 0.6 is 0 Å². The number of ether oxygens (including phenoxy) is 1. The fraction of sp³-hybridized carbons (Fsp3) is 0.481. The number of nitrogens with one attached hydrogen (secondary N) is 1. The van der Waals surface area contributed by atoms with Crippen LogP contribution in [0.2, 0.25) is 0 Å². The molecule has 0 aromatic heterocycles. The van der Waals surface area contributed by atoms with Gasteiger partial charge in [0.2, 0.25) is 5.91 Å². The number of benzene rings is 2. The molecular weight excluding hydrogens is 419 g/mol. The quantitative estimate of drug-likeness (QED) is 0.686. The van der Waals surface area contributed by atoms with Crippen LogP contribution in [0, 0.1) is 11.2 Å². The Morgan fingerprint density at radius 3 is 2.45 bits per heavy atom. The van der Waals surface area contributed by atoms with E-state index in [1.54, 1.807) is 12.1 Å². The summed E-state index contributed by atoms with van der Waals surface area (Å²) in [7, 11) is 0. The number of nitrogens with zero attached hydrogens (tertiary/aromatic N) is 1. The third kappa shape index (κ3) is 5.21. The average Bonchev–Trinajstić information content (AvgIpc) is 3.60. The molecule has 6 heteroatoms. The first-order valence-electron chi connectivity index (χ1n) is 11.8. The van der Waals surface area contributed by atoms with Gasteiger partial charge in [0.1, 0.15) is 11.6 Å². The molecule has 1 heterocycles. The summed E-state index contributed by atoms with van der Waals surface area (Å²) in [5, 5.41) is 3.01. The second-order valence-corrected chi connectivity index (χ2v) is 10.1. The van der Waals surface area contributed by atoms with Crippen molar-refractivity contribution in [1.29, 1.82) is 0 Å². The minimum atomic E-state index is -0.566. The number of amides is 2. The molecule has 0 saturated heterocycles. The van der Waals surface area contributed by atoms with E-state index in [2.05, 4.69) is 5.32 Å². The number of halogens is 1. The summed E-state index contributed by atoms with van der Waals surface area (Å²) >= 11 is 0. The second-order valence-electron chi connectivity index (χ2n) is 10.1. The Kier molecular flexibility index (Phi) is 6.46. The molecule has 1 N–H and O–H groups in total. The van der Waals surface area contributed by atoms with E-state index in [0.29, 0.717) is 18.7 Å². The minimum Gasteiger partial charge on any atom is -0.481 e. The normalized spacial score (nSPS) is 18.9. The highest BCUT2D eigenvalue weighted by Crippen LogP contribution is 2.39. The zero-order valence-corrected chi connectivity index (χ0v) is 19.9. The van der Waals surface area contributed by atoms with Gasteiger partial charge in [0.05, 0.1) is 6.04 Å². The molecule has 1 aliphatic carbocycles. The van der Waals surface area contributed by atoms with Crippen molar-refractivity contribution in [2.75, 3.05) is 6.54 Å². The highest BCUT2D eigenvalue weighted by molar-refractivity contribution is 5.83. The van der Waals surface area contributed by atoms with Crippen LogP contribution in [0.25, 0.3) is 0 Å². The van der Waals surface area contributed by atoms with E-state index >= 15 is 0 Å². The van der Waals surface area contributed by atoms with Gasteiger partial charge in [0.25, 0.3) is 5.91 Å². The van der Waals surface area contributed by atoms with Crippen molar-refractivity contribution in [2.24, 2.45) is 5.41 Å². The van der Waals surface area contributed by atoms with Crippen molar-refractivity contribution in [1.82, 2.24) is 10.2 Å². The van der Waals surface area contributed by atoms with Crippen LogP contribution in [0.3, 0.4) is 0 Å². The predicted octanol–water partition coefficient (Wildman–Crippen LogP) is 4.78. The lowest BCUT2D eigenvalue weighted by Gasteiger charge is -2.41. The molecular formula is C27H33FN2O3. The molecule has 0 bridgehead atoms. The van der Waals surface area contributed by atoms with Crippen LogP contribution in [0.5, 0.6) is 5.75 Å². The highest BCUT2D eigenvalue weighted by atomic mass is 19.1. The summed E-state index contributed by atoms with van der Waals surface area (Å²) in [6, 6.07) is 12.1. The molecule has 5 nitrogen and oxygen atoms in total. The first-order valence-corrected chi connectivity index (χ1v) is 11.8. The summed E-state index contributed by atoms with van der Waals surface area (Å²) in [6.07, 6.45) is 2.78. The van der Waals surface area contributed by atoms with Crippen LogP contribution in [0.15, 0.2) is 42.5 Å². The summed E-state index contributed by atoms with van der Waals surface area (Å²) in [6.45, 7) is 8.26. The fourth-order valence-corrected chi connectivity index (χ4v) is 4.33. The first-order chi connectivity index (χ1) is 15.7. The van der Waals surface area contributed by atoms with Crippen molar-refractivity contribution < 1.29 is 18.7 Å². The van der Waals surface area contributed by atoms with Crippen LogP contribution in [0.4, 0.5) is 4.39 Å². The van der Waals surface area contributed by atoms with Crippen molar-refractivity contribution in [2.45, 2.75) is 71.6 Å². The molecule has 0 radical (unpaired) electrons. The van der Waals surface area contributed by atoms with Gasteiger partial charge in [-0.05, 0) is 66.6 Å². The maximum absolute atomic E-state index is 13.7. The number of carbonyl (C=O) groups is 2. The molecule has 2 atom stereocenters. The second kappa shape index (κ2) is 9.16. The van der Waals surface area contributed by atoms with Gasteiger partial charge in [-0.1, -0.05) is 45.9 Å². The highest BCUT2D eigenvalue weighted by Gasteiger charge is 2.37. The lowest BCUT2D eigenvalue weighted by atomic mass is 9.85. The van der Waals surface area contributed by atoms with E-state index in [1.807, 2.05) is 50.8 Å². The van der Waals surface area contributed by atoms with Gasteiger partial charge in [-0.3, -0.25) is 9.59 Å². The van der Waals surface area contributed by atoms with E-state index < -0.39 is 11.5 Å². The lowest BCUT2D eigenvalue weighted by Crippen LogP contribution is -2.45. The Labute approximate surface area is 195 Å². The van der Waals surface area contributed by atoms with Crippen molar-refractivity contribution in [3.8, 4) is 5.75 Å². The van der Waals surface area contributed by atoms with Gasteiger partial charge in [-0.2, -0.15) is 0 Å². The topological polar surface area (TPSA) is 58.6 Å². The van der Waals surface area contributed by atoms with Gasteiger partial charge >= 0.3 is 0 Å². The molecule has 176 valence electrons. The Hall–Kier alpha value is -2.89. The van der Waals surface area contributed by atoms with E-state index in [-0.39, 0.29) is 29.7 Å². The van der Waals surface area contributed by atoms with E-state index in [0.717, 1.165) is 36.0 Å². The largest absolute Gasteiger partial charge is 0.481 e. The summed E-state index contributed by atoms with van der Waals surface area (Å²) < 4.78 is 19.8. The SMILES string of the molecule is CC[C@H](Oc1ccc2c(c1)[C@H](c1ccc(F)cc1)N(C(=O)C(C)(C)C)CC2)C(=O)NC1CC1. The summed E-state index contributed by atoms with van der Waals surface area (Å²) in [4.78, 5) is 27.8.